The lowest BCUT2D eigenvalue weighted by atomic mass is 9.43. The Kier molecular flexibility index (Phi) is 2.87. The lowest BCUT2D eigenvalue weighted by Crippen LogP contribution is -2.53. The molecule has 0 heterocycles. The fraction of sp³-hybridized carbons (Fsp3) is 1.00. The molecular formula is C14H27N. The molecule has 2 fully saturated rings. The highest BCUT2D eigenvalue weighted by atomic mass is 14.6. The predicted molar refractivity (Wildman–Crippen MR) is 65.6 cm³/mol. The quantitative estimate of drug-likeness (QED) is 0.736. The van der Waals surface area contributed by atoms with Crippen LogP contribution in [0.3, 0.4) is 0 Å². The lowest BCUT2D eigenvalue weighted by molar-refractivity contribution is -0.125. The van der Waals surface area contributed by atoms with E-state index in [2.05, 4.69) is 20.8 Å². The van der Waals surface area contributed by atoms with Gasteiger partial charge in [-0.2, -0.15) is 0 Å². The summed E-state index contributed by atoms with van der Waals surface area (Å²) in [6.07, 6.45) is 8.52. The fourth-order valence-corrected chi connectivity index (χ4v) is 3.70. The predicted octanol–water partition coefficient (Wildman–Crippen LogP) is 3.58. The molecule has 15 heavy (non-hydrogen) atoms. The Morgan fingerprint density at radius 3 is 2.53 bits per heavy atom. The standard InChI is InChI=1S/C14H27N/c1-4-13(2,10-15)7-5-11-9-14(3)8-6-12(11)14/h11-12H,4-10,15H2,1-3H3. The van der Waals surface area contributed by atoms with Crippen molar-refractivity contribution in [1.29, 1.82) is 0 Å². The van der Waals surface area contributed by atoms with Gasteiger partial charge in [0.2, 0.25) is 0 Å². The minimum absolute atomic E-state index is 0.412. The first kappa shape index (κ1) is 11.4. The van der Waals surface area contributed by atoms with Crippen LogP contribution in [0.15, 0.2) is 0 Å². The molecule has 2 rings (SSSR count). The highest BCUT2D eigenvalue weighted by Crippen LogP contribution is 2.65. The smallest absolute Gasteiger partial charge is 0.00233 e. The van der Waals surface area contributed by atoms with Crippen molar-refractivity contribution in [2.45, 2.75) is 59.3 Å². The molecule has 0 aromatic carbocycles. The van der Waals surface area contributed by atoms with Crippen LogP contribution in [0.25, 0.3) is 0 Å². The maximum atomic E-state index is 5.87. The van der Waals surface area contributed by atoms with Crippen molar-refractivity contribution in [2.75, 3.05) is 6.54 Å². The average molecular weight is 209 g/mol. The molecule has 2 aliphatic rings. The molecule has 0 spiro atoms. The molecule has 2 aliphatic carbocycles. The van der Waals surface area contributed by atoms with Crippen molar-refractivity contribution in [1.82, 2.24) is 0 Å². The van der Waals surface area contributed by atoms with Gasteiger partial charge in [0, 0.05) is 0 Å². The third-order valence-corrected chi connectivity index (χ3v) is 5.68. The summed E-state index contributed by atoms with van der Waals surface area (Å²) in [6.45, 7) is 7.98. The summed E-state index contributed by atoms with van der Waals surface area (Å²) >= 11 is 0. The van der Waals surface area contributed by atoms with Gasteiger partial charge in [-0.15, -0.1) is 0 Å². The van der Waals surface area contributed by atoms with E-state index in [-0.39, 0.29) is 0 Å². The highest BCUT2D eigenvalue weighted by molar-refractivity contribution is 5.05. The second-order valence-electron chi connectivity index (χ2n) is 6.67. The second kappa shape index (κ2) is 3.76. The summed E-state index contributed by atoms with van der Waals surface area (Å²) in [5, 5.41) is 0. The Bertz CT molecular complexity index is 231. The van der Waals surface area contributed by atoms with Crippen LogP contribution in [-0.2, 0) is 0 Å². The lowest BCUT2D eigenvalue weighted by Gasteiger charge is -2.62. The van der Waals surface area contributed by atoms with Crippen LogP contribution in [0.1, 0.15) is 59.3 Å². The van der Waals surface area contributed by atoms with Gasteiger partial charge in [0.15, 0.2) is 0 Å². The maximum Gasteiger partial charge on any atom is -0.00233 e. The molecule has 0 amide bonds. The van der Waals surface area contributed by atoms with Crippen molar-refractivity contribution in [2.24, 2.45) is 28.4 Å². The van der Waals surface area contributed by atoms with Crippen LogP contribution in [0.4, 0.5) is 0 Å². The van der Waals surface area contributed by atoms with E-state index in [1.54, 1.807) is 0 Å². The topological polar surface area (TPSA) is 26.0 Å². The van der Waals surface area contributed by atoms with Gasteiger partial charge in [-0.05, 0) is 67.7 Å². The van der Waals surface area contributed by atoms with E-state index in [1.807, 2.05) is 0 Å². The second-order valence-corrected chi connectivity index (χ2v) is 6.67. The summed E-state index contributed by atoms with van der Waals surface area (Å²) in [5.41, 5.74) is 7.05. The molecule has 4 atom stereocenters. The molecule has 1 nitrogen and oxygen atoms in total. The first-order chi connectivity index (χ1) is 7.03. The molecule has 2 saturated carbocycles. The van der Waals surface area contributed by atoms with Crippen LogP contribution in [0.2, 0.25) is 0 Å². The van der Waals surface area contributed by atoms with E-state index in [4.69, 9.17) is 5.73 Å². The Labute approximate surface area is 94.8 Å². The van der Waals surface area contributed by atoms with E-state index in [0.29, 0.717) is 5.41 Å². The molecule has 88 valence electrons. The average Bonchev–Trinajstić information content (AvgIpc) is 2.24. The van der Waals surface area contributed by atoms with Gasteiger partial charge >= 0.3 is 0 Å². The van der Waals surface area contributed by atoms with E-state index < -0.39 is 0 Å². The summed E-state index contributed by atoms with van der Waals surface area (Å²) in [5.74, 6) is 2.12. The van der Waals surface area contributed by atoms with E-state index >= 15 is 0 Å². The fourth-order valence-electron chi connectivity index (χ4n) is 3.70. The van der Waals surface area contributed by atoms with E-state index in [1.165, 1.54) is 38.5 Å². The Hall–Kier alpha value is -0.0400. The molecule has 0 aliphatic heterocycles. The van der Waals surface area contributed by atoms with Gasteiger partial charge in [0.25, 0.3) is 0 Å². The molecule has 4 unspecified atom stereocenters. The molecule has 0 radical (unpaired) electrons. The van der Waals surface area contributed by atoms with Gasteiger partial charge in [0.05, 0.1) is 0 Å². The van der Waals surface area contributed by atoms with Crippen molar-refractivity contribution >= 4 is 0 Å². The number of hydrogen-bond acceptors (Lipinski definition) is 1. The minimum Gasteiger partial charge on any atom is -0.330 e. The third kappa shape index (κ3) is 1.84. The van der Waals surface area contributed by atoms with Gasteiger partial charge < -0.3 is 5.73 Å². The zero-order valence-corrected chi connectivity index (χ0v) is 10.7. The number of rotatable bonds is 5. The monoisotopic (exact) mass is 209 g/mol. The maximum absolute atomic E-state index is 5.87. The molecule has 0 saturated heterocycles. The van der Waals surface area contributed by atoms with Gasteiger partial charge in [-0.3, -0.25) is 0 Å². The first-order valence-corrected chi connectivity index (χ1v) is 6.73. The van der Waals surface area contributed by atoms with Crippen molar-refractivity contribution in [3.63, 3.8) is 0 Å². The molecule has 0 aromatic rings. The summed E-state index contributed by atoms with van der Waals surface area (Å²) in [4.78, 5) is 0. The zero-order chi connectivity index (χ0) is 11.1. The molecule has 1 heteroatoms. The largest absolute Gasteiger partial charge is 0.330 e. The minimum atomic E-state index is 0.412. The molecule has 0 aromatic heterocycles. The third-order valence-electron chi connectivity index (χ3n) is 5.68. The highest BCUT2D eigenvalue weighted by Gasteiger charge is 2.55. The zero-order valence-electron chi connectivity index (χ0n) is 10.7. The number of fused-ring (bicyclic) bond motifs is 1. The van der Waals surface area contributed by atoms with Crippen LogP contribution in [0.5, 0.6) is 0 Å². The first-order valence-electron chi connectivity index (χ1n) is 6.73. The van der Waals surface area contributed by atoms with Crippen LogP contribution in [-0.4, -0.2) is 6.54 Å². The van der Waals surface area contributed by atoms with E-state index in [9.17, 15) is 0 Å². The van der Waals surface area contributed by atoms with Gasteiger partial charge in [0.1, 0.15) is 0 Å². The Morgan fingerprint density at radius 1 is 1.47 bits per heavy atom. The van der Waals surface area contributed by atoms with Crippen molar-refractivity contribution < 1.29 is 0 Å². The molecular weight excluding hydrogens is 182 g/mol. The normalized spacial score (nSPS) is 42.4. The van der Waals surface area contributed by atoms with Gasteiger partial charge in [-0.1, -0.05) is 20.8 Å². The van der Waals surface area contributed by atoms with Crippen molar-refractivity contribution in [3.05, 3.63) is 0 Å². The van der Waals surface area contributed by atoms with Crippen LogP contribution < -0.4 is 5.73 Å². The van der Waals surface area contributed by atoms with Crippen LogP contribution in [0, 0.1) is 22.7 Å². The summed E-state index contributed by atoms with van der Waals surface area (Å²) in [6, 6.07) is 0. The summed E-state index contributed by atoms with van der Waals surface area (Å²) < 4.78 is 0. The SMILES string of the molecule is CCC(C)(CN)CCC1CC2(C)CCC12. The number of nitrogens with two attached hydrogens (primary N) is 1. The Morgan fingerprint density at radius 2 is 2.20 bits per heavy atom. The molecule has 2 N–H and O–H groups in total. The van der Waals surface area contributed by atoms with Crippen LogP contribution >= 0.6 is 0 Å². The van der Waals surface area contributed by atoms with Gasteiger partial charge in [-0.25, -0.2) is 0 Å². The van der Waals surface area contributed by atoms with E-state index in [0.717, 1.165) is 23.8 Å². The molecule has 0 bridgehead atoms. The number of hydrogen-bond donors (Lipinski definition) is 1. The van der Waals surface area contributed by atoms with Crippen molar-refractivity contribution in [3.8, 4) is 0 Å². The Balaban J connectivity index is 1.75. The summed E-state index contributed by atoms with van der Waals surface area (Å²) in [7, 11) is 0.